The maximum atomic E-state index is 5.41. The van der Waals surface area contributed by atoms with Crippen LogP contribution in [0, 0.1) is 0 Å². The second-order valence-electron chi connectivity index (χ2n) is 6.58. The van der Waals surface area contributed by atoms with Gasteiger partial charge in [-0.15, -0.1) is 0 Å². The molecule has 0 atom stereocenters. The molecule has 0 aliphatic carbocycles. The fraction of sp³-hybridized carbons (Fsp3) is 0.182. The van der Waals surface area contributed by atoms with Gasteiger partial charge in [-0.3, -0.25) is 0 Å². The van der Waals surface area contributed by atoms with Crippen molar-refractivity contribution in [3.63, 3.8) is 0 Å². The van der Waals surface area contributed by atoms with E-state index in [1.165, 1.54) is 0 Å². The van der Waals surface area contributed by atoms with Crippen molar-refractivity contribution in [3.05, 3.63) is 78.4 Å². The Morgan fingerprint density at radius 2 is 1.86 bits per heavy atom. The summed E-state index contributed by atoms with van der Waals surface area (Å²) in [6.45, 7) is 1.37. The quantitative estimate of drug-likeness (QED) is 0.508. The summed E-state index contributed by atoms with van der Waals surface area (Å²) in [4.78, 5) is 8.92. The van der Waals surface area contributed by atoms with Crippen molar-refractivity contribution >= 4 is 22.4 Å². The van der Waals surface area contributed by atoms with Crippen molar-refractivity contribution in [2.75, 3.05) is 17.7 Å². The molecule has 0 saturated heterocycles. The average molecular weight is 373 g/mol. The van der Waals surface area contributed by atoms with Gasteiger partial charge in [0.1, 0.15) is 11.6 Å². The number of hydrogen-bond donors (Lipinski definition) is 2. The number of aromatic nitrogens is 3. The lowest BCUT2D eigenvalue weighted by Gasteiger charge is -2.12. The number of pyridine rings is 1. The van der Waals surface area contributed by atoms with Gasteiger partial charge < -0.3 is 19.9 Å². The van der Waals surface area contributed by atoms with Crippen LogP contribution >= 0.6 is 0 Å². The lowest BCUT2D eigenvalue weighted by atomic mass is 10.1. The molecule has 6 heteroatoms. The molecule has 0 amide bonds. The third-order valence-corrected chi connectivity index (χ3v) is 4.76. The Morgan fingerprint density at radius 1 is 0.964 bits per heavy atom. The molecule has 142 valence electrons. The molecule has 2 N–H and O–H groups in total. The van der Waals surface area contributed by atoms with Crippen LogP contribution in [-0.4, -0.2) is 21.6 Å². The minimum Gasteiger partial charge on any atom is -0.496 e. The van der Waals surface area contributed by atoms with Crippen molar-refractivity contribution < 1.29 is 4.74 Å². The highest BCUT2D eigenvalue weighted by Crippen LogP contribution is 2.25. The molecule has 0 saturated carbocycles. The number of ether oxygens (including phenoxy) is 1. The highest BCUT2D eigenvalue weighted by atomic mass is 16.5. The van der Waals surface area contributed by atoms with E-state index >= 15 is 0 Å². The van der Waals surface area contributed by atoms with E-state index in [1.54, 1.807) is 13.4 Å². The molecule has 0 fully saturated rings. The van der Waals surface area contributed by atoms with Crippen LogP contribution in [0.1, 0.15) is 11.3 Å². The molecule has 2 aromatic carbocycles. The number of aryl methyl sites for hydroxylation is 1. The molecule has 0 unspecified atom stereocenters. The molecule has 0 bridgehead atoms. The van der Waals surface area contributed by atoms with Crippen LogP contribution in [0.3, 0.4) is 0 Å². The summed E-state index contributed by atoms with van der Waals surface area (Å²) in [6.07, 6.45) is 3.68. The van der Waals surface area contributed by atoms with Gasteiger partial charge in [-0.2, -0.15) is 0 Å². The van der Waals surface area contributed by atoms with E-state index in [0.29, 0.717) is 13.1 Å². The molecule has 4 aromatic rings. The SMILES string of the molecule is COc1ccccc1CNc1ccc2c(NCc3cncn3C)cccc2n1. The highest BCUT2D eigenvalue weighted by molar-refractivity contribution is 5.92. The molecule has 2 aromatic heterocycles. The lowest BCUT2D eigenvalue weighted by Crippen LogP contribution is -2.05. The first-order valence-electron chi connectivity index (χ1n) is 9.19. The van der Waals surface area contributed by atoms with E-state index in [0.717, 1.165) is 39.4 Å². The Balaban J connectivity index is 1.50. The predicted octanol–water partition coefficient (Wildman–Crippen LogP) is 4.20. The van der Waals surface area contributed by atoms with Crippen molar-refractivity contribution in [2.45, 2.75) is 13.1 Å². The third-order valence-electron chi connectivity index (χ3n) is 4.76. The molecular formula is C22H23N5O. The Kier molecular flexibility index (Phi) is 5.10. The molecular weight excluding hydrogens is 350 g/mol. The zero-order valence-electron chi connectivity index (χ0n) is 16.0. The fourth-order valence-corrected chi connectivity index (χ4v) is 3.18. The minimum atomic E-state index is 0.654. The number of anilines is 2. The number of imidazole rings is 1. The van der Waals surface area contributed by atoms with Gasteiger partial charge in [-0.1, -0.05) is 24.3 Å². The number of rotatable bonds is 7. The van der Waals surface area contributed by atoms with E-state index in [-0.39, 0.29) is 0 Å². The van der Waals surface area contributed by atoms with Gasteiger partial charge in [0.15, 0.2) is 0 Å². The molecule has 0 aliphatic rings. The first-order chi connectivity index (χ1) is 13.7. The summed E-state index contributed by atoms with van der Waals surface area (Å²) in [6, 6.07) is 18.2. The van der Waals surface area contributed by atoms with Gasteiger partial charge in [0, 0.05) is 36.4 Å². The lowest BCUT2D eigenvalue weighted by molar-refractivity contribution is 0.410. The molecule has 0 spiro atoms. The normalized spacial score (nSPS) is 10.8. The summed E-state index contributed by atoms with van der Waals surface area (Å²) >= 11 is 0. The number of para-hydroxylation sites is 1. The summed E-state index contributed by atoms with van der Waals surface area (Å²) in [5.74, 6) is 1.71. The topological polar surface area (TPSA) is 64.0 Å². The average Bonchev–Trinajstić information content (AvgIpc) is 3.15. The maximum absolute atomic E-state index is 5.41. The summed E-state index contributed by atoms with van der Waals surface area (Å²) < 4.78 is 7.42. The van der Waals surface area contributed by atoms with Gasteiger partial charge in [-0.05, 0) is 30.3 Å². The largest absolute Gasteiger partial charge is 0.496 e. The van der Waals surface area contributed by atoms with E-state index < -0.39 is 0 Å². The molecule has 6 nitrogen and oxygen atoms in total. The number of fused-ring (bicyclic) bond motifs is 1. The molecule has 28 heavy (non-hydrogen) atoms. The van der Waals surface area contributed by atoms with E-state index in [1.807, 2.05) is 60.3 Å². The van der Waals surface area contributed by atoms with Crippen LogP contribution in [0.2, 0.25) is 0 Å². The summed E-state index contributed by atoms with van der Waals surface area (Å²) in [5, 5.41) is 7.96. The molecule has 0 aliphatic heterocycles. The summed E-state index contributed by atoms with van der Waals surface area (Å²) in [7, 11) is 3.68. The Labute approximate surface area is 164 Å². The van der Waals surface area contributed by atoms with Crippen LogP contribution in [-0.2, 0) is 20.1 Å². The fourth-order valence-electron chi connectivity index (χ4n) is 3.18. The number of benzene rings is 2. The number of methoxy groups -OCH3 is 1. The number of nitrogens with one attached hydrogen (secondary N) is 2. The minimum absolute atomic E-state index is 0.654. The van der Waals surface area contributed by atoms with Crippen LogP contribution < -0.4 is 15.4 Å². The number of hydrogen-bond acceptors (Lipinski definition) is 5. The zero-order chi connectivity index (χ0) is 19.3. The van der Waals surface area contributed by atoms with Crippen LogP contribution in [0.5, 0.6) is 5.75 Å². The van der Waals surface area contributed by atoms with E-state index in [4.69, 9.17) is 9.72 Å². The smallest absolute Gasteiger partial charge is 0.126 e. The van der Waals surface area contributed by atoms with Gasteiger partial charge >= 0.3 is 0 Å². The molecule has 0 radical (unpaired) electrons. The first kappa shape index (κ1) is 17.9. The molecule has 4 rings (SSSR count). The second kappa shape index (κ2) is 8.00. The van der Waals surface area contributed by atoms with Crippen LogP contribution in [0.15, 0.2) is 67.1 Å². The molecule has 2 heterocycles. The Morgan fingerprint density at radius 3 is 2.68 bits per heavy atom. The third kappa shape index (κ3) is 3.76. The Bertz CT molecular complexity index is 1090. The monoisotopic (exact) mass is 373 g/mol. The second-order valence-corrected chi connectivity index (χ2v) is 6.58. The summed E-state index contributed by atoms with van der Waals surface area (Å²) in [5.41, 5.74) is 4.22. The highest BCUT2D eigenvalue weighted by Gasteiger charge is 2.06. The van der Waals surface area contributed by atoms with Crippen molar-refractivity contribution in [1.29, 1.82) is 0 Å². The van der Waals surface area contributed by atoms with Crippen molar-refractivity contribution in [3.8, 4) is 5.75 Å². The van der Waals surface area contributed by atoms with E-state index in [2.05, 4.69) is 27.8 Å². The van der Waals surface area contributed by atoms with Gasteiger partial charge in [0.05, 0.1) is 31.2 Å². The van der Waals surface area contributed by atoms with Crippen LogP contribution in [0.25, 0.3) is 10.9 Å². The standard InChI is InChI=1S/C22H23N5O/c1-27-15-23-13-17(27)14-24-19-7-5-8-20-18(19)10-11-22(26-20)25-12-16-6-3-4-9-21(16)28-2/h3-11,13,15,24H,12,14H2,1-2H3,(H,25,26). The first-order valence-corrected chi connectivity index (χ1v) is 9.19. The van der Waals surface area contributed by atoms with Crippen molar-refractivity contribution in [1.82, 2.24) is 14.5 Å². The van der Waals surface area contributed by atoms with Gasteiger partial charge in [0.25, 0.3) is 0 Å². The van der Waals surface area contributed by atoms with Crippen molar-refractivity contribution in [2.24, 2.45) is 7.05 Å². The van der Waals surface area contributed by atoms with E-state index in [9.17, 15) is 0 Å². The maximum Gasteiger partial charge on any atom is 0.126 e. The number of nitrogens with zero attached hydrogens (tertiary/aromatic N) is 3. The Hall–Kier alpha value is -3.54. The van der Waals surface area contributed by atoms with Gasteiger partial charge in [0.2, 0.25) is 0 Å². The predicted molar refractivity (Wildman–Crippen MR) is 113 cm³/mol. The zero-order valence-corrected chi connectivity index (χ0v) is 16.0. The van der Waals surface area contributed by atoms with Crippen LogP contribution in [0.4, 0.5) is 11.5 Å². The van der Waals surface area contributed by atoms with Gasteiger partial charge in [-0.25, -0.2) is 9.97 Å².